The summed E-state index contributed by atoms with van der Waals surface area (Å²) in [5.41, 5.74) is 2.27. The van der Waals surface area contributed by atoms with Gasteiger partial charge in [-0.25, -0.2) is 4.98 Å². The van der Waals surface area contributed by atoms with Gasteiger partial charge in [0.15, 0.2) is 5.69 Å². The predicted molar refractivity (Wildman–Crippen MR) is 84.0 cm³/mol. The van der Waals surface area contributed by atoms with Crippen molar-refractivity contribution in [3.05, 3.63) is 41.7 Å². The van der Waals surface area contributed by atoms with Crippen LogP contribution in [0.2, 0.25) is 0 Å². The van der Waals surface area contributed by atoms with Crippen LogP contribution in [-0.4, -0.2) is 35.2 Å². The number of hydrogen-bond donors (Lipinski definition) is 2. The third-order valence-corrected chi connectivity index (χ3v) is 3.39. The minimum absolute atomic E-state index is 0.00625. The molecule has 2 aromatic heterocycles. The largest absolute Gasteiger partial charge is 0.480 e. The Labute approximate surface area is 136 Å². The summed E-state index contributed by atoms with van der Waals surface area (Å²) in [6, 6.07) is 8.78. The standard InChI is InChI=1S/C16H13N5O2/c1-18-15(22)14-12-4-3-9(6-13(12)20-21-14)11-5-10(7-17)16(23-2)19-8-11/h3-6,8H,1-2H3,(H,18,22)(H,20,21)/i1D3. The predicted octanol–water partition coefficient (Wildman–Crippen LogP) is 1.86. The van der Waals surface area contributed by atoms with E-state index in [1.807, 2.05) is 11.4 Å². The molecule has 0 fully saturated rings. The molecule has 0 aliphatic rings. The summed E-state index contributed by atoms with van der Waals surface area (Å²) >= 11 is 0. The van der Waals surface area contributed by atoms with Gasteiger partial charge >= 0.3 is 0 Å². The van der Waals surface area contributed by atoms with Gasteiger partial charge in [-0.15, -0.1) is 0 Å². The van der Waals surface area contributed by atoms with Crippen LogP contribution in [0.1, 0.15) is 20.2 Å². The Hall–Kier alpha value is -3.40. The number of H-pyrrole nitrogens is 1. The van der Waals surface area contributed by atoms with E-state index in [4.69, 9.17) is 8.85 Å². The van der Waals surface area contributed by atoms with Crippen molar-refractivity contribution in [2.75, 3.05) is 14.1 Å². The van der Waals surface area contributed by atoms with Gasteiger partial charge in [-0.3, -0.25) is 9.89 Å². The van der Waals surface area contributed by atoms with Gasteiger partial charge in [0.25, 0.3) is 5.91 Å². The summed E-state index contributed by atoms with van der Waals surface area (Å²) in [7, 11) is 1.44. The summed E-state index contributed by atoms with van der Waals surface area (Å²) in [5, 5.41) is 18.2. The minimum atomic E-state index is -2.59. The number of nitriles is 1. The molecule has 1 amide bonds. The van der Waals surface area contributed by atoms with E-state index in [1.165, 1.54) is 7.11 Å². The van der Waals surface area contributed by atoms with E-state index in [2.05, 4.69) is 15.2 Å². The summed E-state index contributed by atoms with van der Waals surface area (Å²) < 4.78 is 26.4. The summed E-state index contributed by atoms with van der Waals surface area (Å²) in [6.45, 7) is -2.59. The number of nitrogens with zero attached hydrogens (tertiary/aromatic N) is 3. The summed E-state index contributed by atoms with van der Waals surface area (Å²) in [5.74, 6) is -0.552. The molecule has 7 nitrogen and oxygen atoms in total. The molecule has 0 radical (unpaired) electrons. The van der Waals surface area contributed by atoms with Crippen molar-refractivity contribution in [3.8, 4) is 23.1 Å². The Morgan fingerprint density at radius 3 is 3.04 bits per heavy atom. The Morgan fingerprint density at radius 1 is 1.43 bits per heavy atom. The number of methoxy groups -OCH3 is 1. The molecular formula is C16H13N5O2. The maximum absolute atomic E-state index is 12.0. The molecule has 1 aromatic carbocycles. The van der Waals surface area contributed by atoms with E-state index in [0.717, 1.165) is 5.56 Å². The average molecular weight is 310 g/mol. The molecule has 3 rings (SSSR count). The van der Waals surface area contributed by atoms with Gasteiger partial charge in [0.05, 0.1) is 12.6 Å². The second kappa shape index (κ2) is 5.77. The Bertz CT molecular complexity index is 1040. The molecule has 0 atom stereocenters. The lowest BCUT2D eigenvalue weighted by molar-refractivity contribution is 0.0959. The van der Waals surface area contributed by atoms with Gasteiger partial charge in [-0.1, -0.05) is 6.07 Å². The summed E-state index contributed by atoms with van der Waals surface area (Å²) in [6.07, 6.45) is 1.57. The molecule has 3 aromatic rings. The normalized spacial score (nSPS) is 12.8. The third kappa shape index (κ3) is 2.46. The highest BCUT2D eigenvalue weighted by Crippen LogP contribution is 2.27. The van der Waals surface area contributed by atoms with Gasteiger partial charge < -0.3 is 10.1 Å². The number of aromatic amines is 1. The second-order valence-corrected chi connectivity index (χ2v) is 4.68. The number of hydrogen-bond acceptors (Lipinski definition) is 5. The average Bonchev–Trinajstić information content (AvgIpc) is 3.03. The number of carbonyl (C=O) groups is 1. The van der Waals surface area contributed by atoms with Crippen LogP contribution in [0.15, 0.2) is 30.5 Å². The van der Waals surface area contributed by atoms with Crippen LogP contribution in [-0.2, 0) is 0 Å². The van der Waals surface area contributed by atoms with E-state index < -0.39 is 12.9 Å². The molecule has 7 heteroatoms. The van der Waals surface area contributed by atoms with Crippen molar-refractivity contribution in [1.29, 1.82) is 5.26 Å². The Balaban J connectivity index is 1.99. The van der Waals surface area contributed by atoms with Crippen LogP contribution in [0.4, 0.5) is 0 Å². The highest BCUT2D eigenvalue weighted by molar-refractivity contribution is 6.05. The first-order chi connectivity index (χ1) is 12.3. The van der Waals surface area contributed by atoms with Crippen molar-refractivity contribution in [1.82, 2.24) is 20.5 Å². The molecule has 0 spiro atoms. The number of ether oxygens (including phenoxy) is 1. The van der Waals surface area contributed by atoms with E-state index in [0.29, 0.717) is 22.0 Å². The molecule has 0 saturated heterocycles. The number of amides is 1. The molecule has 0 bridgehead atoms. The first-order valence-corrected chi connectivity index (χ1v) is 6.57. The molecular weight excluding hydrogens is 294 g/mol. The van der Waals surface area contributed by atoms with E-state index in [9.17, 15) is 10.1 Å². The molecule has 2 N–H and O–H groups in total. The Kier molecular flexibility index (Phi) is 2.81. The minimum Gasteiger partial charge on any atom is -0.480 e. The zero-order chi connectivity index (χ0) is 18.9. The monoisotopic (exact) mass is 310 g/mol. The van der Waals surface area contributed by atoms with Crippen LogP contribution >= 0.6 is 0 Å². The molecule has 23 heavy (non-hydrogen) atoms. The van der Waals surface area contributed by atoms with Crippen molar-refractivity contribution in [2.24, 2.45) is 0 Å². The number of fused-ring (bicyclic) bond motifs is 1. The lowest BCUT2D eigenvalue weighted by Gasteiger charge is -2.05. The number of rotatable bonds is 3. The lowest BCUT2D eigenvalue weighted by Crippen LogP contribution is -2.18. The third-order valence-electron chi connectivity index (χ3n) is 3.39. The van der Waals surface area contributed by atoms with Crippen LogP contribution in [0.25, 0.3) is 22.0 Å². The van der Waals surface area contributed by atoms with Crippen molar-refractivity contribution < 1.29 is 13.6 Å². The fourth-order valence-electron chi connectivity index (χ4n) is 2.28. The van der Waals surface area contributed by atoms with Crippen molar-refractivity contribution >= 4 is 16.8 Å². The van der Waals surface area contributed by atoms with Gasteiger partial charge in [-0.05, 0) is 23.8 Å². The van der Waals surface area contributed by atoms with Crippen LogP contribution < -0.4 is 10.1 Å². The Morgan fingerprint density at radius 2 is 2.30 bits per heavy atom. The van der Waals surface area contributed by atoms with Gasteiger partial charge in [0.2, 0.25) is 5.88 Å². The fourth-order valence-corrected chi connectivity index (χ4v) is 2.28. The number of carbonyl (C=O) groups excluding carboxylic acids is 1. The molecule has 2 heterocycles. The van der Waals surface area contributed by atoms with E-state index in [-0.39, 0.29) is 11.6 Å². The van der Waals surface area contributed by atoms with E-state index >= 15 is 0 Å². The smallest absolute Gasteiger partial charge is 0.272 e. The van der Waals surface area contributed by atoms with Crippen molar-refractivity contribution in [2.45, 2.75) is 0 Å². The fraction of sp³-hybridized carbons (Fsp3) is 0.125. The highest BCUT2D eigenvalue weighted by Gasteiger charge is 2.14. The zero-order valence-electron chi connectivity index (χ0n) is 15.0. The van der Waals surface area contributed by atoms with Gasteiger partial charge in [0.1, 0.15) is 11.6 Å². The SMILES string of the molecule is [2H]C([2H])([2H])NC(=O)c1n[nH]c2cc(-c3cnc(OC)c(C#N)c3)ccc12. The quantitative estimate of drug-likeness (QED) is 0.768. The second-order valence-electron chi connectivity index (χ2n) is 4.68. The molecule has 0 unspecified atom stereocenters. The van der Waals surface area contributed by atoms with Crippen LogP contribution in [0.3, 0.4) is 0 Å². The van der Waals surface area contributed by atoms with Crippen LogP contribution in [0.5, 0.6) is 5.88 Å². The maximum atomic E-state index is 12.0. The summed E-state index contributed by atoms with van der Waals surface area (Å²) in [4.78, 5) is 16.1. The molecule has 0 aliphatic heterocycles. The van der Waals surface area contributed by atoms with Crippen LogP contribution in [0, 0.1) is 11.3 Å². The van der Waals surface area contributed by atoms with Crippen molar-refractivity contribution in [3.63, 3.8) is 0 Å². The first-order valence-electron chi connectivity index (χ1n) is 8.07. The molecule has 114 valence electrons. The van der Waals surface area contributed by atoms with Gasteiger partial charge in [-0.2, -0.15) is 10.4 Å². The number of nitrogens with one attached hydrogen (secondary N) is 2. The number of pyridine rings is 1. The zero-order valence-corrected chi connectivity index (χ0v) is 12.0. The maximum Gasteiger partial charge on any atom is 0.272 e. The number of aromatic nitrogens is 3. The topological polar surface area (TPSA) is 104 Å². The highest BCUT2D eigenvalue weighted by atomic mass is 16.5. The lowest BCUT2D eigenvalue weighted by atomic mass is 10.0. The molecule has 0 saturated carbocycles. The molecule has 0 aliphatic carbocycles. The first kappa shape index (κ1) is 11.2. The van der Waals surface area contributed by atoms with E-state index in [1.54, 1.807) is 30.5 Å². The number of benzene rings is 1. The van der Waals surface area contributed by atoms with Gasteiger partial charge in [0, 0.05) is 28.2 Å².